The van der Waals surface area contributed by atoms with Crippen LogP contribution in [-0.4, -0.2) is 17.6 Å². The van der Waals surface area contributed by atoms with E-state index in [4.69, 9.17) is 9.57 Å². The van der Waals surface area contributed by atoms with E-state index in [1.54, 1.807) is 0 Å². The van der Waals surface area contributed by atoms with Crippen LogP contribution in [0.4, 0.5) is 0 Å². The number of nitrogens with one attached hydrogen (secondary N) is 1. The molecule has 31 heavy (non-hydrogen) atoms. The molecule has 160 valence electrons. The van der Waals surface area contributed by atoms with Gasteiger partial charge in [-0.15, -0.1) is 11.8 Å². The number of carbonyl (C=O) groups excluding carboxylic acids is 2. The molecular formula is C25H25NO4S. The van der Waals surface area contributed by atoms with Crippen molar-refractivity contribution in [2.45, 2.75) is 24.5 Å². The number of amides is 1. The van der Waals surface area contributed by atoms with Crippen LogP contribution in [0.25, 0.3) is 0 Å². The standard InChI is InChI=1S/C25H25NO4S/c1-19(27)30-24(21-13-7-3-8-14-21)23(18-31-22-15-9-4-10-16-22)25(28)26-29-17-20-11-5-2-6-12-20/h2-16,23-24H,17-18H2,1H3,(H,26,28)/t23-,24+/m0/s1. The Bertz CT molecular complexity index is 951. The molecule has 0 radical (unpaired) electrons. The van der Waals surface area contributed by atoms with Gasteiger partial charge in [-0.05, 0) is 23.3 Å². The molecule has 1 amide bonds. The normalized spacial score (nSPS) is 12.5. The smallest absolute Gasteiger partial charge is 0.303 e. The summed E-state index contributed by atoms with van der Waals surface area (Å²) in [5.41, 5.74) is 4.25. The number of carbonyl (C=O) groups is 2. The van der Waals surface area contributed by atoms with Crippen LogP contribution in [0.5, 0.6) is 0 Å². The van der Waals surface area contributed by atoms with Crippen molar-refractivity contribution < 1.29 is 19.2 Å². The van der Waals surface area contributed by atoms with E-state index in [1.807, 2.05) is 91.0 Å². The van der Waals surface area contributed by atoms with Crippen molar-refractivity contribution >= 4 is 23.6 Å². The quantitative estimate of drug-likeness (QED) is 0.277. The Balaban J connectivity index is 1.76. The number of benzene rings is 3. The largest absolute Gasteiger partial charge is 0.457 e. The third-order valence-corrected chi connectivity index (χ3v) is 5.68. The van der Waals surface area contributed by atoms with E-state index in [0.29, 0.717) is 5.75 Å². The zero-order chi connectivity index (χ0) is 21.9. The van der Waals surface area contributed by atoms with Gasteiger partial charge < -0.3 is 4.74 Å². The second kappa shape index (κ2) is 11.9. The van der Waals surface area contributed by atoms with Gasteiger partial charge in [-0.3, -0.25) is 14.4 Å². The highest BCUT2D eigenvalue weighted by Crippen LogP contribution is 2.32. The van der Waals surface area contributed by atoms with Crippen molar-refractivity contribution in [1.29, 1.82) is 0 Å². The van der Waals surface area contributed by atoms with Crippen molar-refractivity contribution in [3.8, 4) is 0 Å². The molecular weight excluding hydrogens is 410 g/mol. The van der Waals surface area contributed by atoms with Gasteiger partial charge in [-0.2, -0.15) is 0 Å². The second-order valence-corrected chi connectivity index (χ2v) is 8.01. The fraction of sp³-hybridized carbons (Fsp3) is 0.200. The highest BCUT2D eigenvalue weighted by Gasteiger charge is 2.32. The van der Waals surface area contributed by atoms with Gasteiger partial charge >= 0.3 is 5.97 Å². The molecule has 6 heteroatoms. The number of esters is 1. The molecule has 0 spiro atoms. The minimum atomic E-state index is -0.727. The maximum absolute atomic E-state index is 13.1. The second-order valence-electron chi connectivity index (χ2n) is 6.91. The first-order chi connectivity index (χ1) is 15.1. The number of hydroxylamine groups is 1. The molecule has 5 nitrogen and oxygen atoms in total. The number of hydrogen-bond donors (Lipinski definition) is 1. The minimum absolute atomic E-state index is 0.245. The molecule has 0 aliphatic heterocycles. The Hall–Kier alpha value is -3.09. The number of thioether (sulfide) groups is 1. The Morgan fingerprint density at radius 3 is 2.06 bits per heavy atom. The summed E-state index contributed by atoms with van der Waals surface area (Å²) in [4.78, 5) is 31.4. The van der Waals surface area contributed by atoms with Gasteiger partial charge in [0, 0.05) is 17.6 Å². The fourth-order valence-electron chi connectivity index (χ4n) is 3.05. The lowest BCUT2D eigenvalue weighted by atomic mass is 9.96. The van der Waals surface area contributed by atoms with Gasteiger partial charge in [-0.1, -0.05) is 78.9 Å². The predicted octanol–water partition coefficient (Wildman–Crippen LogP) is 4.95. The summed E-state index contributed by atoms with van der Waals surface area (Å²) in [6.45, 7) is 1.59. The Kier molecular flexibility index (Phi) is 8.70. The van der Waals surface area contributed by atoms with Crippen molar-refractivity contribution in [3.05, 3.63) is 102 Å². The van der Waals surface area contributed by atoms with Crippen LogP contribution in [0, 0.1) is 5.92 Å². The molecule has 0 aromatic heterocycles. The van der Waals surface area contributed by atoms with Gasteiger partial charge in [0.15, 0.2) is 0 Å². The van der Waals surface area contributed by atoms with Crippen molar-refractivity contribution in [2.75, 3.05) is 5.75 Å². The van der Waals surface area contributed by atoms with E-state index >= 15 is 0 Å². The zero-order valence-electron chi connectivity index (χ0n) is 17.3. The van der Waals surface area contributed by atoms with E-state index in [0.717, 1.165) is 16.0 Å². The van der Waals surface area contributed by atoms with E-state index in [2.05, 4.69) is 5.48 Å². The van der Waals surface area contributed by atoms with E-state index in [-0.39, 0.29) is 12.5 Å². The van der Waals surface area contributed by atoms with Crippen LogP contribution in [-0.2, 0) is 25.8 Å². The SMILES string of the molecule is CC(=O)O[C@H](c1ccccc1)[C@H](CSc1ccccc1)C(=O)NOCc1ccccc1. The van der Waals surface area contributed by atoms with Crippen LogP contribution in [0.15, 0.2) is 95.9 Å². The lowest BCUT2D eigenvalue weighted by Crippen LogP contribution is -2.37. The Morgan fingerprint density at radius 1 is 0.871 bits per heavy atom. The molecule has 0 heterocycles. The molecule has 3 aromatic carbocycles. The number of rotatable bonds is 10. The van der Waals surface area contributed by atoms with Crippen molar-refractivity contribution in [1.82, 2.24) is 5.48 Å². The molecule has 0 saturated heterocycles. The number of hydrogen-bond acceptors (Lipinski definition) is 5. The summed E-state index contributed by atoms with van der Waals surface area (Å²) < 4.78 is 5.60. The van der Waals surface area contributed by atoms with Gasteiger partial charge in [0.1, 0.15) is 6.10 Å². The van der Waals surface area contributed by atoms with Gasteiger partial charge in [-0.25, -0.2) is 5.48 Å². The van der Waals surface area contributed by atoms with E-state index in [9.17, 15) is 9.59 Å². The highest BCUT2D eigenvalue weighted by atomic mass is 32.2. The number of ether oxygens (including phenoxy) is 1. The summed E-state index contributed by atoms with van der Waals surface area (Å²) in [6, 6.07) is 28.7. The van der Waals surface area contributed by atoms with Crippen molar-refractivity contribution in [2.24, 2.45) is 5.92 Å². The molecule has 2 atom stereocenters. The first-order valence-corrected chi connectivity index (χ1v) is 11.0. The summed E-state index contributed by atoms with van der Waals surface area (Å²) in [5.74, 6) is -1.01. The van der Waals surface area contributed by atoms with Crippen LogP contribution in [0.1, 0.15) is 24.2 Å². The molecule has 0 aliphatic carbocycles. The highest BCUT2D eigenvalue weighted by molar-refractivity contribution is 7.99. The van der Waals surface area contributed by atoms with Gasteiger partial charge in [0.2, 0.25) is 0 Å². The lowest BCUT2D eigenvalue weighted by molar-refractivity contribution is -0.155. The fourth-order valence-corrected chi connectivity index (χ4v) is 4.10. The molecule has 0 aliphatic rings. The maximum Gasteiger partial charge on any atom is 0.303 e. The molecule has 1 N–H and O–H groups in total. The summed E-state index contributed by atoms with van der Waals surface area (Å²) >= 11 is 1.53. The summed E-state index contributed by atoms with van der Waals surface area (Å²) in [7, 11) is 0. The van der Waals surface area contributed by atoms with Gasteiger partial charge in [0.05, 0.1) is 12.5 Å². The van der Waals surface area contributed by atoms with Crippen LogP contribution >= 0.6 is 11.8 Å². The topological polar surface area (TPSA) is 64.6 Å². The molecule has 3 rings (SSSR count). The van der Waals surface area contributed by atoms with Gasteiger partial charge in [0.25, 0.3) is 5.91 Å². The Labute approximate surface area is 186 Å². The molecule has 3 aromatic rings. The molecule has 0 fully saturated rings. The summed E-state index contributed by atoms with van der Waals surface area (Å²) in [6.07, 6.45) is -0.727. The van der Waals surface area contributed by atoms with Crippen LogP contribution in [0.2, 0.25) is 0 Å². The third-order valence-electron chi connectivity index (χ3n) is 4.55. The molecule has 0 unspecified atom stereocenters. The van der Waals surface area contributed by atoms with Crippen LogP contribution < -0.4 is 5.48 Å². The van der Waals surface area contributed by atoms with E-state index in [1.165, 1.54) is 18.7 Å². The van der Waals surface area contributed by atoms with E-state index < -0.39 is 18.0 Å². The maximum atomic E-state index is 13.1. The summed E-state index contributed by atoms with van der Waals surface area (Å²) in [5, 5.41) is 0. The van der Waals surface area contributed by atoms with Crippen LogP contribution in [0.3, 0.4) is 0 Å². The average molecular weight is 436 g/mol. The zero-order valence-corrected chi connectivity index (χ0v) is 18.1. The minimum Gasteiger partial charge on any atom is -0.457 e. The molecule has 0 saturated carbocycles. The Morgan fingerprint density at radius 2 is 1.45 bits per heavy atom. The van der Waals surface area contributed by atoms with Crippen molar-refractivity contribution in [3.63, 3.8) is 0 Å². The predicted molar refractivity (Wildman–Crippen MR) is 121 cm³/mol. The lowest BCUT2D eigenvalue weighted by Gasteiger charge is -2.26. The average Bonchev–Trinajstić information content (AvgIpc) is 2.80. The first kappa shape index (κ1) is 22.6. The molecule has 0 bridgehead atoms. The third kappa shape index (κ3) is 7.27. The first-order valence-electron chi connectivity index (χ1n) is 9.99. The monoisotopic (exact) mass is 435 g/mol.